The summed E-state index contributed by atoms with van der Waals surface area (Å²) in [6.45, 7) is 3.35. The predicted octanol–water partition coefficient (Wildman–Crippen LogP) is 5.35. The molecule has 2 heterocycles. The van der Waals surface area contributed by atoms with Crippen molar-refractivity contribution in [3.05, 3.63) is 47.5 Å². The minimum atomic E-state index is -4.29. The zero-order valence-corrected chi connectivity index (χ0v) is 17.5. The van der Waals surface area contributed by atoms with Crippen LogP contribution in [0.3, 0.4) is 0 Å². The largest absolute Gasteiger partial charge is 0.477 e. The summed E-state index contributed by atoms with van der Waals surface area (Å²) >= 11 is 0. The van der Waals surface area contributed by atoms with E-state index < -0.39 is 19.2 Å². The standard InChI is InChI=1S/C23H26F3N3O2/c1-16-5-6-17(18(15-16)29-12-9-22(7-8-22)10-13-29)21(30)28-19-3-2-4-20(27-19)31-14-11-23(24,25)26/h2-6,15H,7-14H2,1H3,(H,27,28,30). The van der Waals surface area contributed by atoms with Gasteiger partial charge in [-0.1, -0.05) is 12.1 Å². The molecule has 2 aromatic rings. The van der Waals surface area contributed by atoms with Gasteiger partial charge in [-0.25, -0.2) is 0 Å². The third-order valence-corrected chi connectivity index (χ3v) is 6.12. The number of benzene rings is 1. The number of alkyl halides is 3. The van der Waals surface area contributed by atoms with Crippen LogP contribution >= 0.6 is 0 Å². The number of pyridine rings is 1. The highest BCUT2D eigenvalue weighted by Gasteiger charge is 2.44. The number of anilines is 2. The Morgan fingerprint density at radius 3 is 2.58 bits per heavy atom. The van der Waals surface area contributed by atoms with Gasteiger partial charge in [0.1, 0.15) is 5.82 Å². The number of halogens is 3. The lowest BCUT2D eigenvalue weighted by molar-refractivity contribution is -0.139. The van der Waals surface area contributed by atoms with Crippen LogP contribution in [0.5, 0.6) is 5.88 Å². The van der Waals surface area contributed by atoms with Crippen LogP contribution in [0.1, 0.15) is 48.0 Å². The monoisotopic (exact) mass is 433 g/mol. The number of hydrogen-bond acceptors (Lipinski definition) is 4. The maximum absolute atomic E-state index is 13.0. The minimum absolute atomic E-state index is 0.0388. The van der Waals surface area contributed by atoms with Crippen LogP contribution in [0.15, 0.2) is 36.4 Å². The van der Waals surface area contributed by atoms with Gasteiger partial charge in [-0.2, -0.15) is 18.2 Å². The number of ether oxygens (including phenoxy) is 1. The van der Waals surface area contributed by atoms with Crippen LogP contribution in [0, 0.1) is 12.3 Å². The number of carbonyl (C=O) groups excluding carboxylic acids is 1. The summed E-state index contributed by atoms with van der Waals surface area (Å²) in [7, 11) is 0. The first-order valence-electron chi connectivity index (χ1n) is 10.6. The normalized spacial score (nSPS) is 17.5. The van der Waals surface area contributed by atoms with E-state index in [0.717, 1.165) is 37.2 Å². The van der Waals surface area contributed by atoms with Gasteiger partial charge in [0, 0.05) is 24.8 Å². The molecule has 1 N–H and O–H groups in total. The van der Waals surface area contributed by atoms with Crippen molar-refractivity contribution in [2.75, 3.05) is 29.9 Å². The second-order valence-electron chi connectivity index (χ2n) is 8.54. The molecular formula is C23H26F3N3O2. The average molecular weight is 433 g/mol. The first-order valence-corrected chi connectivity index (χ1v) is 10.6. The molecule has 0 bridgehead atoms. The molecule has 2 fully saturated rings. The van der Waals surface area contributed by atoms with Crippen LogP contribution in [0.2, 0.25) is 0 Å². The zero-order chi connectivity index (χ0) is 22.1. The Morgan fingerprint density at radius 1 is 1.16 bits per heavy atom. The predicted molar refractivity (Wildman–Crippen MR) is 113 cm³/mol. The summed E-state index contributed by atoms with van der Waals surface area (Å²) in [4.78, 5) is 19.4. The molecule has 4 rings (SSSR count). The fourth-order valence-electron chi connectivity index (χ4n) is 4.01. The molecule has 8 heteroatoms. The summed E-state index contributed by atoms with van der Waals surface area (Å²) < 4.78 is 42.0. The van der Waals surface area contributed by atoms with Gasteiger partial charge < -0.3 is 15.0 Å². The molecule has 1 spiro atoms. The van der Waals surface area contributed by atoms with Gasteiger partial charge in [0.25, 0.3) is 5.91 Å². The van der Waals surface area contributed by atoms with Crippen molar-refractivity contribution >= 4 is 17.4 Å². The zero-order valence-electron chi connectivity index (χ0n) is 17.5. The molecule has 0 radical (unpaired) electrons. The first kappa shape index (κ1) is 21.5. The summed E-state index contributed by atoms with van der Waals surface area (Å²) in [5.41, 5.74) is 3.09. The number of nitrogens with one attached hydrogen (secondary N) is 1. The van der Waals surface area contributed by atoms with E-state index in [-0.39, 0.29) is 17.6 Å². The van der Waals surface area contributed by atoms with Gasteiger partial charge in [0.15, 0.2) is 0 Å². The van der Waals surface area contributed by atoms with Gasteiger partial charge >= 0.3 is 6.18 Å². The lowest BCUT2D eigenvalue weighted by atomic mass is 9.92. The van der Waals surface area contributed by atoms with E-state index in [4.69, 9.17) is 4.74 Å². The average Bonchev–Trinajstić information content (AvgIpc) is 3.46. The number of amides is 1. The Balaban J connectivity index is 1.44. The molecule has 2 aliphatic rings. The topological polar surface area (TPSA) is 54.5 Å². The Labute approximate surface area is 179 Å². The number of aryl methyl sites for hydroxylation is 1. The molecule has 1 aliphatic carbocycles. The van der Waals surface area contributed by atoms with Gasteiger partial charge in [0.05, 0.1) is 18.6 Å². The second kappa shape index (κ2) is 8.40. The maximum Gasteiger partial charge on any atom is 0.392 e. The number of rotatable bonds is 6. The van der Waals surface area contributed by atoms with Gasteiger partial charge in [-0.15, -0.1) is 0 Å². The number of carbonyl (C=O) groups is 1. The molecule has 1 amide bonds. The second-order valence-corrected chi connectivity index (χ2v) is 8.54. The van der Waals surface area contributed by atoms with Crippen molar-refractivity contribution in [3.63, 3.8) is 0 Å². The van der Waals surface area contributed by atoms with Crippen molar-refractivity contribution in [1.29, 1.82) is 0 Å². The van der Waals surface area contributed by atoms with Crippen LogP contribution in [0.4, 0.5) is 24.7 Å². The summed E-state index contributed by atoms with van der Waals surface area (Å²) in [5, 5.41) is 2.75. The minimum Gasteiger partial charge on any atom is -0.477 e. The summed E-state index contributed by atoms with van der Waals surface area (Å²) in [6, 6.07) is 10.4. The Morgan fingerprint density at radius 2 is 1.90 bits per heavy atom. The molecule has 31 heavy (non-hydrogen) atoms. The molecule has 1 aromatic carbocycles. The molecule has 0 atom stereocenters. The Hall–Kier alpha value is -2.77. The smallest absolute Gasteiger partial charge is 0.392 e. The van der Waals surface area contributed by atoms with Gasteiger partial charge in [-0.05, 0) is 61.8 Å². The highest BCUT2D eigenvalue weighted by atomic mass is 19.4. The quantitative estimate of drug-likeness (QED) is 0.667. The van der Waals surface area contributed by atoms with Crippen LogP contribution in [-0.4, -0.2) is 36.8 Å². The van der Waals surface area contributed by atoms with Crippen molar-refractivity contribution in [2.45, 2.75) is 45.2 Å². The van der Waals surface area contributed by atoms with Crippen molar-refractivity contribution in [2.24, 2.45) is 5.41 Å². The lowest BCUT2D eigenvalue weighted by Gasteiger charge is -2.35. The first-order chi connectivity index (χ1) is 14.7. The molecular weight excluding hydrogens is 407 g/mol. The van der Waals surface area contributed by atoms with Crippen LogP contribution < -0.4 is 15.0 Å². The number of piperidine rings is 1. The van der Waals surface area contributed by atoms with E-state index in [0.29, 0.717) is 11.0 Å². The highest BCUT2D eigenvalue weighted by Crippen LogP contribution is 2.54. The van der Waals surface area contributed by atoms with Crippen molar-refractivity contribution in [3.8, 4) is 5.88 Å². The third-order valence-electron chi connectivity index (χ3n) is 6.12. The molecule has 1 saturated heterocycles. The molecule has 0 unspecified atom stereocenters. The molecule has 1 saturated carbocycles. The molecule has 1 aliphatic heterocycles. The summed E-state index contributed by atoms with van der Waals surface area (Å²) in [6.07, 6.45) is -0.414. The third kappa shape index (κ3) is 5.48. The molecule has 5 nitrogen and oxygen atoms in total. The lowest BCUT2D eigenvalue weighted by Crippen LogP contribution is -2.35. The van der Waals surface area contributed by atoms with Crippen LogP contribution in [0.25, 0.3) is 0 Å². The fourth-order valence-corrected chi connectivity index (χ4v) is 4.01. The van der Waals surface area contributed by atoms with E-state index in [1.165, 1.54) is 18.9 Å². The number of aromatic nitrogens is 1. The van der Waals surface area contributed by atoms with Gasteiger partial charge in [-0.3, -0.25) is 4.79 Å². The molecule has 1 aromatic heterocycles. The fraction of sp³-hybridized carbons (Fsp3) is 0.478. The maximum atomic E-state index is 13.0. The molecule has 166 valence electrons. The van der Waals surface area contributed by atoms with E-state index in [1.54, 1.807) is 12.1 Å². The van der Waals surface area contributed by atoms with E-state index in [1.807, 2.05) is 25.1 Å². The van der Waals surface area contributed by atoms with E-state index >= 15 is 0 Å². The van der Waals surface area contributed by atoms with E-state index in [9.17, 15) is 18.0 Å². The Bertz CT molecular complexity index is 947. The summed E-state index contributed by atoms with van der Waals surface area (Å²) in [5.74, 6) is -0.0322. The number of hydrogen-bond donors (Lipinski definition) is 1. The van der Waals surface area contributed by atoms with Gasteiger partial charge in [0.2, 0.25) is 5.88 Å². The number of nitrogens with zero attached hydrogens (tertiary/aromatic N) is 2. The van der Waals surface area contributed by atoms with Crippen molar-refractivity contribution in [1.82, 2.24) is 4.98 Å². The SMILES string of the molecule is Cc1ccc(C(=O)Nc2cccc(OCCC(F)(F)F)n2)c(N2CCC3(CC2)CC3)c1. The Kier molecular flexibility index (Phi) is 5.81. The van der Waals surface area contributed by atoms with Crippen molar-refractivity contribution < 1.29 is 22.7 Å². The highest BCUT2D eigenvalue weighted by molar-refractivity contribution is 6.07. The van der Waals surface area contributed by atoms with Crippen LogP contribution in [-0.2, 0) is 0 Å². The van der Waals surface area contributed by atoms with E-state index in [2.05, 4.69) is 15.2 Å².